The molecule has 2 fully saturated rings. The van der Waals surface area contributed by atoms with Gasteiger partial charge in [-0.05, 0) is 43.7 Å². The number of aromatic amines is 1. The fourth-order valence-corrected chi connectivity index (χ4v) is 5.24. The summed E-state index contributed by atoms with van der Waals surface area (Å²) >= 11 is 0. The zero-order valence-corrected chi connectivity index (χ0v) is 18.4. The Kier molecular flexibility index (Phi) is 4.38. The van der Waals surface area contributed by atoms with Crippen molar-refractivity contribution in [2.75, 3.05) is 9.96 Å². The van der Waals surface area contributed by atoms with Gasteiger partial charge in [0.1, 0.15) is 5.92 Å². The number of hydrogen-bond donors (Lipinski definition) is 1. The summed E-state index contributed by atoms with van der Waals surface area (Å²) in [6.07, 6.45) is -0.879. The molecule has 1 aromatic heterocycles. The molecule has 6 nitrogen and oxygen atoms in total. The van der Waals surface area contributed by atoms with E-state index in [2.05, 4.69) is 4.98 Å². The van der Waals surface area contributed by atoms with Gasteiger partial charge in [0.15, 0.2) is 6.10 Å². The molecule has 0 saturated carbocycles. The molecule has 0 aliphatic carbocycles. The molecule has 6 heteroatoms. The topological polar surface area (TPSA) is 65.6 Å². The highest BCUT2D eigenvalue weighted by atomic mass is 16.7. The largest absolute Gasteiger partial charge is 0.358 e. The summed E-state index contributed by atoms with van der Waals surface area (Å²) in [6, 6.07) is 24.7. The Morgan fingerprint density at radius 3 is 2.30 bits per heavy atom. The lowest BCUT2D eigenvalue weighted by Gasteiger charge is -2.29. The minimum absolute atomic E-state index is 0.229. The van der Waals surface area contributed by atoms with Crippen molar-refractivity contribution in [2.45, 2.75) is 26.0 Å². The van der Waals surface area contributed by atoms with Crippen LogP contribution in [0.4, 0.5) is 11.4 Å². The number of aryl methyl sites for hydroxylation is 2. The van der Waals surface area contributed by atoms with E-state index in [-0.39, 0.29) is 11.8 Å². The van der Waals surface area contributed by atoms with Crippen LogP contribution < -0.4 is 9.96 Å². The van der Waals surface area contributed by atoms with Crippen LogP contribution in [0.5, 0.6) is 0 Å². The molecule has 2 saturated heterocycles. The quantitative estimate of drug-likeness (QED) is 0.466. The monoisotopic (exact) mass is 437 g/mol. The second kappa shape index (κ2) is 7.32. The van der Waals surface area contributed by atoms with Crippen LogP contribution in [-0.2, 0) is 14.4 Å². The summed E-state index contributed by atoms with van der Waals surface area (Å²) in [4.78, 5) is 38.4. The van der Waals surface area contributed by atoms with E-state index in [0.717, 1.165) is 33.4 Å². The molecule has 3 aromatic carbocycles. The first-order chi connectivity index (χ1) is 16.1. The molecule has 3 unspecified atom stereocenters. The van der Waals surface area contributed by atoms with Gasteiger partial charge in [-0.1, -0.05) is 54.6 Å². The molecule has 0 spiro atoms. The number of carbonyl (C=O) groups excluding carboxylic acids is 2. The Balaban J connectivity index is 1.53. The van der Waals surface area contributed by atoms with Gasteiger partial charge in [0.05, 0.1) is 17.4 Å². The summed E-state index contributed by atoms with van der Waals surface area (Å²) < 4.78 is 0. The number of nitrogens with one attached hydrogen (secondary N) is 1. The third kappa shape index (κ3) is 2.84. The molecule has 1 N–H and O–H groups in total. The van der Waals surface area contributed by atoms with Gasteiger partial charge < -0.3 is 4.98 Å². The molecular formula is C27H23N3O3. The summed E-state index contributed by atoms with van der Waals surface area (Å²) in [5, 5.41) is 2.78. The number of nitrogens with zero attached hydrogens (tertiary/aromatic N) is 2. The molecule has 2 amide bonds. The Labute approximate surface area is 191 Å². The Morgan fingerprint density at radius 1 is 0.818 bits per heavy atom. The predicted molar refractivity (Wildman–Crippen MR) is 127 cm³/mol. The molecule has 0 radical (unpaired) electrons. The highest BCUT2D eigenvalue weighted by Gasteiger charge is 2.61. The van der Waals surface area contributed by atoms with E-state index in [1.165, 1.54) is 4.90 Å². The van der Waals surface area contributed by atoms with E-state index in [0.29, 0.717) is 5.69 Å². The maximum absolute atomic E-state index is 13.9. The van der Waals surface area contributed by atoms with E-state index in [1.54, 1.807) is 5.06 Å². The van der Waals surface area contributed by atoms with Crippen LogP contribution in [0.15, 0.2) is 78.9 Å². The van der Waals surface area contributed by atoms with Crippen LogP contribution >= 0.6 is 0 Å². The van der Waals surface area contributed by atoms with Crippen LogP contribution in [0, 0.1) is 19.8 Å². The first kappa shape index (κ1) is 19.8. The highest BCUT2D eigenvalue weighted by Crippen LogP contribution is 2.50. The number of rotatable bonds is 3. The van der Waals surface area contributed by atoms with Crippen LogP contribution in [0.1, 0.15) is 22.9 Å². The Bertz CT molecular complexity index is 1390. The van der Waals surface area contributed by atoms with Crippen molar-refractivity contribution in [2.24, 2.45) is 5.92 Å². The van der Waals surface area contributed by atoms with Crippen molar-refractivity contribution < 1.29 is 14.4 Å². The lowest BCUT2D eigenvalue weighted by molar-refractivity contribution is -0.126. The number of fused-ring (bicyclic) bond motifs is 2. The van der Waals surface area contributed by atoms with Crippen LogP contribution in [0.25, 0.3) is 10.9 Å². The van der Waals surface area contributed by atoms with Gasteiger partial charge in [0, 0.05) is 22.2 Å². The first-order valence-electron chi connectivity index (χ1n) is 11.1. The van der Waals surface area contributed by atoms with Gasteiger partial charge >= 0.3 is 0 Å². The van der Waals surface area contributed by atoms with E-state index >= 15 is 0 Å². The van der Waals surface area contributed by atoms with Gasteiger partial charge in [0.2, 0.25) is 5.91 Å². The highest BCUT2D eigenvalue weighted by molar-refractivity contribution is 6.24. The predicted octanol–water partition coefficient (Wildman–Crippen LogP) is 4.84. The average Bonchev–Trinajstić information content (AvgIpc) is 3.44. The fourth-order valence-electron chi connectivity index (χ4n) is 5.24. The summed E-state index contributed by atoms with van der Waals surface area (Å²) in [7, 11) is 0. The van der Waals surface area contributed by atoms with Crippen LogP contribution in [0.2, 0.25) is 0 Å². The molecule has 33 heavy (non-hydrogen) atoms. The van der Waals surface area contributed by atoms with Crippen molar-refractivity contribution in [3.63, 3.8) is 0 Å². The average molecular weight is 437 g/mol. The summed E-state index contributed by atoms with van der Waals surface area (Å²) in [5.41, 5.74) is 5.24. The third-order valence-electron chi connectivity index (χ3n) is 6.72. The van der Waals surface area contributed by atoms with Gasteiger partial charge in [0.25, 0.3) is 5.91 Å². The van der Waals surface area contributed by atoms with Crippen LogP contribution in [-0.4, -0.2) is 22.9 Å². The Hall–Kier alpha value is -3.90. The van der Waals surface area contributed by atoms with Gasteiger partial charge in [-0.25, -0.2) is 9.96 Å². The van der Waals surface area contributed by atoms with E-state index in [4.69, 9.17) is 4.84 Å². The van der Waals surface area contributed by atoms with Gasteiger partial charge in [-0.3, -0.25) is 14.4 Å². The van der Waals surface area contributed by atoms with Crippen molar-refractivity contribution >= 4 is 34.1 Å². The zero-order chi connectivity index (χ0) is 22.7. The van der Waals surface area contributed by atoms with Crippen LogP contribution in [0.3, 0.4) is 0 Å². The molecule has 3 atom stereocenters. The minimum Gasteiger partial charge on any atom is -0.358 e. The number of hydroxylamine groups is 1. The zero-order valence-electron chi connectivity index (χ0n) is 18.4. The van der Waals surface area contributed by atoms with Gasteiger partial charge in [-0.2, -0.15) is 0 Å². The molecule has 6 rings (SSSR count). The van der Waals surface area contributed by atoms with E-state index in [9.17, 15) is 9.59 Å². The number of aromatic nitrogens is 1. The number of amides is 2. The first-order valence-corrected chi connectivity index (χ1v) is 11.1. The molecular weight excluding hydrogens is 414 g/mol. The molecule has 2 aliphatic heterocycles. The maximum atomic E-state index is 13.9. The second-order valence-electron chi connectivity index (χ2n) is 8.67. The number of benzene rings is 3. The summed E-state index contributed by atoms with van der Waals surface area (Å²) in [5.74, 6) is -1.21. The lowest BCUT2D eigenvalue weighted by atomic mass is 9.89. The third-order valence-corrected chi connectivity index (χ3v) is 6.72. The van der Waals surface area contributed by atoms with Crippen molar-refractivity contribution in [3.05, 3.63) is 95.7 Å². The van der Waals surface area contributed by atoms with Crippen molar-refractivity contribution in [1.29, 1.82) is 0 Å². The Morgan fingerprint density at radius 2 is 1.52 bits per heavy atom. The van der Waals surface area contributed by atoms with Gasteiger partial charge in [-0.15, -0.1) is 0 Å². The molecule has 164 valence electrons. The minimum atomic E-state index is -0.879. The summed E-state index contributed by atoms with van der Waals surface area (Å²) in [6.45, 7) is 3.91. The number of imide groups is 1. The molecule has 2 aliphatic rings. The second-order valence-corrected chi connectivity index (χ2v) is 8.67. The number of anilines is 2. The molecule has 4 aromatic rings. The molecule has 3 heterocycles. The number of para-hydroxylation sites is 3. The molecule has 0 bridgehead atoms. The van der Waals surface area contributed by atoms with Crippen molar-refractivity contribution in [1.82, 2.24) is 4.98 Å². The number of carbonyl (C=O) groups is 2. The number of H-pyrrole nitrogens is 1. The van der Waals surface area contributed by atoms with E-state index in [1.807, 2.05) is 92.7 Å². The van der Waals surface area contributed by atoms with E-state index < -0.39 is 18.1 Å². The SMILES string of the molecule is Cc1ccccc1N1C(=O)C2ON(c3ccccc3)C(c3c(C)[nH]c4ccccc34)C2C1=O. The lowest BCUT2D eigenvalue weighted by Crippen LogP contribution is -2.37. The van der Waals surface area contributed by atoms with Crippen molar-refractivity contribution in [3.8, 4) is 0 Å². The smallest absolute Gasteiger partial charge is 0.266 e. The normalized spacial score (nSPS) is 22.4. The standard InChI is InChI=1S/C27H23N3O3/c1-16-10-6-9-15-21(16)29-26(31)23-24(22-17(2)28-20-14-8-7-13-19(20)22)30(33-25(23)27(29)32)18-11-4-3-5-12-18/h3-15,23-25,28H,1-2H3. The number of hydrogen-bond acceptors (Lipinski definition) is 4. The maximum Gasteiger partial charge on any atom is 0.266 e. The fraction of sp³-hybridized carbons (Fsp3) is 0.185.